The van der Waals surface area contributed by atoms with Crippen LogP contribution in [-0.2, 0) is 0 Å². The molecule has 0 saturated carbocycles. The first-order valence-corrected chi connectivity index (χ1v) is 17.5. The summed E-state index contributed by atoms with van der Waals surface area (Å²) in [6.07, 6.45) is 0. The molecule has 11 rings (SSSR count). The van der Waals surface area contributed by atoms with Crippen LogP contribution in [0.5, 0.6) is 0 Å². The molecule has 0 amide bonds. The van der Waals surface area contributed by atoms with E-state index < -0.39 is 0 Å². The second kappa shape index (κ2) is 10.2. The molecule has 0 radical (unpaired) electrons. The van der Waals surface area contributed by atoms with Gasteiger partial charge in [-0.25, -0.2) is 9.97 Å². The van der Waals surface area contributed by atoms with Gasteiger partial charge in [0, 0.05) is 42.1 Å². The highest BCUT2D eigenvalue weighted by atomic mass is 32.1. The van der Waals surface area contributed by atoms with Gasteiger partial charge in [0.05, 0.1) is 22.4 Å². The predicted octanol–water partition coefficient (Wildman–Crippen LogP) is 13.0. The summed E-state index contributed by atoms with van der Waals surface area (Å²) in [4.78, 5) is 10.6. The van der Waals surface area contributed by atoms with Crippen molar-refractivity contribution >= 4 is 85.6 Å². The van der Waals surface area contributed by atoms with Gasteiger partial charge in [-0.3, -0.25) is 0 Å². The summed E-state index contributed by atoms with van der Waals surface area (Å²) >= 11 is 1.87. The molecule has 0 aliphatic rings. The first-order chi connectivity index (χ1) is 24.3. The fourth-order valence-corrected chi connectivity index (χ4v) is 9.07. The number of nitrogens with zero attached hydrogens (tertiary/aromatic N) is 2. The minimum atomic E-state index is 0.925. The lowest BCUT2D eigenvalue weighted by Crippen LogP contribution is -1.92. The Balaban J connectivity index is 1.03. The molecular weight excluding hydrogens is 613 g/mol. The lowest BCUT2D eigenvalue weighted by atomic mass is 9.91. The summed E-state index contributed by atoms with van der Waals surface area (Å²) in [5, 5.41) is 12.5. The van der Waals surface area contributed by atoms with Crippen molar-refractivity contribution in [2.45, 2.75) is 0 Å². The highest BCUT2D eigenvalue weighted by molar-refractivity contribution is 7.26. The third-order valence-corrected chi connectivity index (χ3v) is 11.4. The normalized spacial score (nSPS) is 12.1. The fraction of sp³-hybridized carbons (Fsp3) is 0. The molecule has 3 heterocycles. The zero-order chi connectivity index (χ0) is 32.1. The Kier molecular flexibility index (Phi) is 5.57. The summed E-state index contributed by atoms with van der Waals surface area (Å²) in [6, 6.07) is 57.1. The molecule has 0 bridgehead atoms. The van der Waals surface area contributed by atoms with E-state index in [0.717, 1.165) is 44.3 Å². The number of pyridine rings is 2. The number of hydrogen-bond donors (Lipinski definition) is 0. The topological polar surface area (TPSA) is 25.8 Å². The van der Waals surface area contributed by atoms with E-state index in [1.54, 1.807) is 0 Å². The standard InChI is InChI=1S/C46H26N2S/c1-2-10-41-36(7-1)38-9-4-8-34(46(38)49-41)27-11-13-28(14-12-27)39-25-21-32-17-18-33-22-26-40(48-45(33)44(32)47-39)35-23-19-31-16-15-29-5-3-6-30-20-24-37(35)43(31)42(29)30/h1-26H. The van der Waals surface area contributed by atoms with Gasteiger partial charge in [-0.2, -0.15) is 0 Å². The predicted molar refractivity (Wildman–Crippen MR) is 210 cm³/mol. The highest BCUT2D eigenvalue weighted by Gasteiger charge is 2.15. The number of thiophene rings is 1. The highest BCUT2D eigenvalue weighted by Crippen LogP contribution is 2.41. The monoisotopic (exact) mass is 638 g/mol. The van der Waals surface area contributed by atoms with Crippen LogP contribution in [0.1, 0.15) is 0 Å². The maximum atomic E-state index is 5.33. The number of benzene rings is 8. The van der Waals surface area contributed by atoms with E-state index in [-0.39, 0.29) is 0 Å². The molecule has 0 atom stereocenters. The van der Waals surface area contributed by atoms with E-state index >= 15 is 0 Å². The van der Waals surface area contributed by atoms with Crippen molar-refractivity contribution in [3.63, 3.8) is 0 Å². The molecule has 0 aliphatic heterocycles. The van der Waals surface area contributed by atoms with Crippen LogP contribution < -0.4 is 0 Å². The quantitative estimate of drug-likeness (QED) is 0.180. The molecule has 0 N–H and O–H groups in total. The Bertz CT molecular complexity index is 3080. The Hall–Kier alpha value is -6.16. The summed E-state index contributed by atoms with van der Waals surface area (Å²) in [5.74, 6) is 0. The van der Waals surface area contributed by atoms with Crippen molar-refractivity contribution in [2.75, 3.05) is 0 Å². The van der Waals surface area contributed by atoms with Crippen molar-refractivity contribution in [2.24, 2.45) is 0 Å². The van der Waals surface area contributed by atoms with Crippen molar-refractivity contribution < 1.29 is 0 Å². The van der Waals surface area contributed by atoms with Crippen LogP contribution in [0.2, 0.25) is 0 Å². The van der Waals surface area contributed by atoms with Gasteiger partial charge in [0.15, 0.2) is 0 Å². The van der Waals surface area contributed by atoms with Crippen molar-refractivity contribution in [3.8, 4) is 33.6 Å². The summed E-state index contributed by atoms with van der Waals surface area (Å²) in [7, 11) is 0. The first-order valence-electron chi connectivity index (χ1n) is 16.7. The van der Waals surface area contributed by atoms with Gasteiger partial charge in [0.25, 0.3) is 0 Å². The molecule has 49 heavy (non-hydrogen) atoms. The third kappa shape index (κ3) is 4.00. The van der Waals surface area contributed by atoms with Crippen molar-refractivity contribution in [3.05, 3.63) is 158 Å². The van der Waals surface area contributed by atoms with Gasteiger partial charge in [-0.15, -0.1) is 11.3 Å². The van der Waals surface area contributed by atoms with E-state index in [2.05, 4.69) is 158 Å². The minimum Gasteiger partial charge on any atom is -0.245 e. The summed E-state index contributed by atoms with van der Waals surface area (Å²) in [6.45, 7) is 0. The molecule has 3 heteroatoms. The van der Waals surface area contributed by atoms with E-state index in [0.29, 0.717) is 0 Å². The van der Waals surface area contributed by atoms with Crippen LogP contribution in [0.25, 0.3) is 108 Å². The molecule has 0 aliphatic carbocycles. The second-order valence-corrected chi connectivity index (χ2v) is 14.0. The van der Waals surface area contributed by atoms with Crippen molar-refractivity contribution in [1.29, 1.82) is 0 Å². The van der Waals surface area contributed by atoms with E-state index in [1.165, 1.54) is 63.6 Å². The largest absolute Gasteiger partial charge is 0.245 e. The molecule has 11 aromatic rings. The van der Waals surface area contributed by atoms with Gasteiger partial charge >= 0.3 is 0 Å². The SMILES string of the molecule is c1cc2ccc3ccc(-c4ccc5ccc6ccc(-c7ccc(-c8cccc9c8sc8ccccc89)cc7)nc6c5n4)c4ccc(c1)c2c34. The van der Waals surface area contributed by atoms with Crippen LogP contribution in [0.15, 0.2) is 158 Å². The Morgan fingerprint density at radius 1 is 0.347 bits per heavy atom. The molecule has 0 spiro atoms. The van der Waals surface area contributed by atoms with Crippen LogP contribution in [0.3, 0.4) is 0 Å². The molecule has 2 nitrogen and oxygen atoms in total. The number of fused-ring (bicyclic) bond motifs is 6. The molecule has 0 fully saturated rings. The molecule has 0 unspecified atom stereocenters. The molecule has 226 valence electrons. The van der Waals surface area contributed by atoms with Gasteiger partial charge in [0.1, 0.15) is 0 Å². The van der Waals surface area contributed by atoms with Crippen molar-refractivity contribution in [1.82, 2.24) is 9.97 Å². The molecule has 3 aromatic heterocycles. The molecular formula is C46H26N2S. The van der Waals surface area contributed by atoms with Crippen LogP contribution in [-0.4, -0.2) is 9.97 Å². The summed E-state index contributed by atoms with van der Waals surface area (Å²) in [5.41, 5.74) is 8.48. The first kappa shape index (κ1) is 26.9. The van der Waals surface area contributed by atoms with Gasteiger partial charge in [-0.1, -0.05) is 140 Å². The maximum Gasteiger partial charge on any atom is 0.0972 e. The van der Waals surface area contributed by atoms with Gasteiger partial charge < -0.3 is 0 Å². The Morgan fingerprint density at radius 3 is 1.76 bits per heavy atom. The van der Waals surface area contributed by atoms with Crippen LogP contribution >= 0.6 is 11.3 Å². The smallest absolute Gasteiger partial charge is 0.0972 e. The maximum absolute atomic E-state index is 5.33. The van der Waals surface area contributed by atoms with E-state index in [4.69, 9.17) is 9.97 Å². The van der Waals surface area contributed by atoms with Crippen LogP contribution in [0, 0.1) is 0 Å². The summed E-state index contributed by atoms with van der Waals surface area (Å²) < 4.78 is 2.66. The lowest BCUT2D eigenvalue weighted by Gasteiger charge is -2.14. The lowest BCUT2D eigenvalue weighted by molar-refractivity contribution is 1.37. The Labute approximate surface area is 285 Å². The fourth-order valence-electron chi connectivity index (χ4n) is 7.83. The van der Waals surface area contributed by atoms with E-state index in [1.807, 2.05) is 11.3 Å². The number of hydrogen-bond acceptors (Lipinski definition) is 3. The average Bonchev–Trinajstić information content (AvgIpc) is 3.56. The zero-order valence-electron chi connectivity index (χ0n) is 26.3. The van der Waals surface area contributed by atoms with Gasteiger partial charge in [-0.05, 0) is 61.6 Å². The molecule has 8 aromatic carbocycles. The zero-order valence-corrected chi connectivity index (χ0v) is 27.1. The Morgan fingerprint density at radius 2 is 0.939 bits per heavy atom. The number of rotatable bonds is 3. The minimum absolute atomic E-state index is 0.925. The third-order valence-electron chi connectivity index (χ3n) is 10.2. The van der Waals surface area contributed by atoms with Crippen LogP contribution in [0.4, 0.5) is 0 Å². The van der Waals surface area contributed by atoms with E-state index in [9.17, 15) is 0 Å². The second-order valence-electron chi connectivity index (χ2n) is 12.9. The van der Waals surface area contributed by atoms with Gasteiger partial charge in [0.2, 0.25) is 0 Å². The average molecular weight is 639 g/mol. The molecule has 0 saturated heterocycles. The number of aromatic nitrogens is 2.